The second-order valence-electron chi connectivity index (χ2n) is 4.27. The third kappa shape index (κ3) is 0.667. The maximum atomic E-state index is 4.23. The molecule has 2 unspecified atom stereocenters. The molecule has 1 fully saturated rings. The van der Waals surface area contributed by atoms with Crippen molar-refractivity contribution in [1.82, 2.24) is 14.8 Å². The molecule has 0 spiro atoms. The van der Waals surface area contributed by atoms with Gasteiger partial charge in [0.1, 0.15) is 11.6 Å². The molecule has 1 aliphatic carbocycles. The second-order valence-corrected chi connectivity index (χ2v) is 4.27. The Kier molecular flexibility index (Phi) is 1.05. The molecule has 3 rings (SSSR count). The normalized spacial score (nSPS) is 30.6. The minimum Gasteiger partial charge on any atom is -0.311 e. The predicted octanol–water partition coefficient (Wildman–Crippen LogP) is 1.52. The van der Waals surface area contributed by atoms with E-state index >= 15 is 0 Å². The lowest BCUT2D eigenvalue weighted by molar-refractivity contribution is 0.641. The summed E-state index contributed by atoms with van der Waals surface area (Å²) in [5, 5.41) is 8.44. The average Bonchev–Trinajstić information content (AvgIpc) is 2.53. The van der Waals surface area contributed by atoms with Gasteiger partial charge in [0.05, 0.1) is 0 Å². The minimum atomic E-state index is 0.519. The van der Waals surface area contributed by atoms with Gasteiger partial charge < -0.3 is 4.57 Å². The molecule has 64 valence electrons. The van der Waals surface area contributed by atoms with Crippen LogP contribution in [0.15, 0.2) is 0 Å². The van der Waals surface area contributed by atoms with Crippen molar-refractivity contribution in [2.75, 3.05) is 0 Å². The van der Waals surface area contributed by atoms with Crippen molar-refractivity contribution < 1.29 is 0 Å². The summed E-state index contributed by atoms with van der Waals surface area (Å²) in [6, 6.07) is 0.771. The molecule has 0 aromatic carbocycles. The van der Waals surface area contributed by atoms with Gasteiger partial charge in [-0.3, -0.25) is 0 Å². The van der Waals surface area contributed by atoms with Crippen LogP contribution in [0.5, 0.6) is 0 Å². The van der Waals surface area contributed by atoms with E-state index in [0.717, 1.165) is 12.0 Å². The zero-order valence-corrected chi connectivity index (χ0v) is 7.49. The van der Waals surface area contributed by atoms with Crippen LogP contribution in [0.4, 0.5) is 0 Å². The zero-order valence-electron chi connectivity index (χ0n) is 7.49. The van der Waals surface area contributed by atoms with Crippen molar-refractivity contribution in [2.24, 2.45) is 5.92 Å². The Balaban J connectivity index is 2.12. The molecule has 2 atom stereocenters. The third-order valence-electron chi connectivity index (χ3n) is 2.97. The fourth-order valence-corrected chi connectivity index (χ4v) is 2.23. The molecule has 0 radical (unpaired) electrons. The van der Waals surface area contributed by atoms with Gasteiger partial charge in [-0.05, 0) is 12.3 Å². The Morgan fingerprint density at radius 1 is 1.42 bits per heavy atom. The summed E-state index contributed by atoms with van der Waals surface area (Å²) in [4.78, 5) is 0. The van der Waals surface area contributed by atoms with E-state index in [2.05, 4.69) is 28.6 Å². The van der Waals surface area contributed by atoms with Gasteiger partial charge in [-0.1, -0.05) is 13.8 Å². The van der Waals surface area contributed by atoms with Crippen LogP contribution >= 0.6 is 0 Å². The number of fused-ring (bicyclic) bond motifs is 3. The van der Waals surface area contributed by atoms with Crippen LogP contribution in [0.2, 0.25) is 0 Å². The fraction of sp³-hybridized carbons (Fsp3) is 0.778. The van der Waals surface area contributed by atoms with Crippen LogP contribution in [0.1, 0.15) is 43.9 Å². The number of hydrogen-bond acceptors (Lipinski definition) is 2. The third-order valence-corrected chi connectivity index (χ3v) is 2.97. The Morgan fingerprint density at radius 2 is 2.25 bits per heavy atom. The van der Waals surface area contributed by atoms with Gasteiger partial charge in [-0.25, -0.2) is 0 Å². The van der Waals surface area contributed by atoms with E-state index in [9.17, 15) is 0 Å². The topological polar surface area (TPSA) is 30.7 Å². The fourth-order valence-electron chi connectivity index (χ4n) is 2.23. The summed E-state index contributed by atoms with van der Waals surface area (Å²) in [6.07, 6.45) is 2.54. The van der Waals surface area contributed by atoms with Gasteiger partial charge in [0, 0.05) is 18.4 Å². The van der Waals surface area contributed by atoms with Gasteiger partial charge in [0.15, 0.2) is 0 Å². The van der Waals surface area contributed by atoms with Crippen molar-refractivity contribution in [3.05, 3.63) is 11.6 Å². The van der Waals surface area contributed by atoms with Crippen molar-refractivity contribution in [1.29, 1.82) is 0 Å². The van der Waals surface area contributed by atoms with E-state index in [1.54, 1.807) is 0 Å². The first-order valence-corrected chi connectivity index (χ1v) is 4.71. The van der Waals surface area contributed by atoms with Crippen LogP contribution in [0.3, 0.4) is 0 Å². The van der Waals surface area contributed by atoms with Gasteiger partial charge in [-0.2, -0.15) is 0 Å². The number of hydrogen-bond donors (Lipinski definition) is 0. The van der Waals surface area contributed by atoms with Crippen LogP contribution in [0.25, 0.3) is 0 Å². The molecule has 1 aromatic heterocycles. The molecular weight excluding hydrogens is 150 g/mol. The van der Waals surface area contributed by atoms with E-state index < -0.39 is 0 Å². The standard InChI is InChI=1S/C9H13N3/c1-5(2)9-11-10-8-4-6-3-7(6)12(8)9/h5-7H,3-4H2,1-2H3. The molecule has 0 amide bonds. The molecule has 2 aliphatic rings. The van der Waals surface area contributed by atoms with E-state index in [1.165, 1.54) is 24.5 Å². The zero-order chi connectivity index (χ0) is 8.29. The largest absolute Gasteiger partial charge is 0.311 e. The Bertz CT molecular complexity index is 327. The monoisotopic (exact) mass is 163 g/mol. The first-order chi connectivity index (χ1) is 5.77. The maximum absolute atomic E-state index is 4.23. The molecule has 3 nitrogen and oxygen atoms in total. The van der Waals surface area contributed by atoms with Crippen molar-refractivity contribution >= 4 is 0 Å². The smallest absolute Gasteiger partial charge is 0.135 e. The summed E-state index contributed by atoms with van der Waals surface area (Å²) in [7, 11) is 0. The van der Waals surface area contributed by atoms with Crippen molar-refractivity contribution in [3.8, 4) is 0 Å². The number of aromatic nitrogens is 3. The first-order valence-electron chi connectivity index (χ1n) is 4.71. The number of rotatable bonds is 1. The lowest BCUT2D eigenvalue weighted by Crippen LogP contribution is -2.03. The predicted molar refractivity (Wildman–Crippen MR) is 45.0 cm³/mol. The summed E-state index contributed by atoms with van der Waals surface area (Å²) in [5.74, 6) is 3.84. The molecule has 1 aromatic rings. The highest BCUT2D eigenvalue weighted by Crippen LogP contribution is 2.52. The van der Waals surface area contributed by atoms with Crippen LogP contribution in [-0.2, 0) is 6.42 Å². The molecule has 12 heavy (non-hydrogen) atoms. The minimum absolute atomic E-state index is 0.519. The molecule has 1 aliphatic heterocycles. The summed E-state index contributed by atoms with van der Waals surface area (Å²) in [5.41, 5.74) is 0. The lowest BCUT2D eigenvalue weighted by Gasteiger charge is -2.06. The first kappa shape index (κ1) is 6.63. The van der Waals surface area contributed by atoms with Crippen LogP contribution < -0.4 is 0 Å². The maximum Gasteiger partial charge on any atom is 0.135 e. The SMILES string of the molecule is CC(C)c1nnc2n1C1CC1C2. The summed E-state index contributed by atoms with van der Waals surface area (Å²) >= 11 is 0. The average molecular weight is 163 g/mol. The van der Waals surface area contributed by atoms with Gasteiger partial charge in [0.2, 0.25) is 0 Å². The number of nitrogens with zero attached hydrogens (tertiary/aromatic N) is 3. The molecule has 0 bridgehead atoms. The van der Waals surface area contributed by atoms with Crippen LogP contribution in [-0.4, -0.2) is 14.8 Å². The summed E-state index contributed by atoms with van der Waals surface area (Å²) in [6.45, 7) is 4.38. The molecule has 0 N–H and O–H groups in total. The molecular formula is C9H13N3. The van der Waals surface area contributed by atoms with Gasteiger partial charge in [-0.15, -0.1) is 10.2 Å². The van der Waals surface area contributed by atoms with Crippen molar-refractivity contribution in [2.45, 2.75) is 38.6 Å². The highest BCUT2D eigenvalue weighted by molar-refractivity contribution is 5.16. The summed E-state index contributed by atoms with van der Waals surface area (Å²) < 4.78 is 2.37. The van der Waals surface area contributed by atoms with E-state index in [1.807, 2.05) is 0 Å². The Morgan fingerprint density at radius 3 is 3.00 bits per heavy atom. The van der Waals surface area contributed by atoms with Gasteiger partial charge >= 0.3 is 0 Å². The quantitative estimate of drug-likeness (QED) is 0.628. The molecule has 3 heteroatoms. The molecule has 1 saturated carbocycles. The second kappa shape index (κ2) is 1.90. The Hall–Kier alpha value is -0.860. The van der Waals surface area contributed by atoms with E-state index in [-0.39, 0.29) is 0 Å². The highest BCUT2D eigenvalue weighted by atomic mass is 15.3. The molecule has 0 saturated heterocycles. The highest BCUT2D eigenvalue weighted by Gasteiger charge is 2.47. The molecule has 2 heterocycles. The van der Waals surface area contributed by atoms with Crippen LogP contribution in [0, 0.1) is 5.92 Å². The van der Waals surface area contributed by atoms with Gasteiger partial charge in [0.25, 0.3) is 0 Å². The Labute approximate surface area is 71.8 Å². The van der Waals surface area contributed by atoms with E-state index in [0.29, 0.717) is 5.92 Å². The van der Waals surface area contributed by atoms with Crippen molar-refractivity contribution in [3.63, 3.8) is 0 Å². The lowest BCUT2D eigenvalue weighted by atomic mass is 10.2. The van der Waals surface area contributed by atoms with E-state index in [4.69, 9.17) is 0 Å².